The van der Waals surface area contributed by atoms with Crippen molar-refractivity contribution in [3.63, 3.8) is 0 Å². The highest BCUT2D eigenvalue weighted by molar-refractivity contribution is 5.97. The fourth-order valence-corrected chi connectivity index (χ4v) is 2.69. The summed E-state index contributed by atoms with van der Waals surface area (Å²) in [5.41, 5.74) is 4.71. The number of rotatable bonds is 5. The van der Waals surface area contributed by atoms with E-state index in [0.717, 1.165) is 19.3 Å². The van der Waals surface area contributed by atoms with Crippen molar-refractivity contribution in [2.75, 3.05) is 11.9 Å². The van der Waals surface area contributed by atoms with E-state index in [-0.39, 0.29) is 23.8 Å². The molecule has 1 fully saturated rings. The third-order valence-electron chi connectivity index (χ3n) is 3.81. The number of carbonyl (C=O) groups is 2. The fraction of sp³-hybridized carbons (Fsp3) is 0.571. The minimum absolute atomic E-state index is 0.0687. The SMILES string of the molecule is Cn1cc(C(N)=O)c(NCC(=O)NC2(C#N)CCCCC2)n1. The van der Waals surface area contributed by atoms with Crippen LogP contribution in [0.5, 0.6) is 0 Å². The molecule has 2 rings (SSSR count). The van der Waals surface area contributed by atoms with Gasteiger partial charge in [0.1, 0.15) is 11.1 Å². The average Bonchev–Trinajstić information content (AvgIpc) is 2.87. The third-order valence-corrected chi connectivity index (χ3v) is 3.81. The van der Waals surface area contributed by atoms with E-state index in [1.807, 2.05) is 0 Å². The highest BCUT2D eigenvalue weighted by Crippen LogP contribution is 2.27. The quantitative estimate of drug-likeness (QED) is 0.720. The number of anilines is 1. The largest absolute Gasteiger partial charge is 0.365 e. The first-order valence-electron chi connectivity index (χ1n) is 7.25. The number of amides is 2. The van der Waals surface area contributed by atoms with E-state index in [1.54, 1.807) is 7.05 Å². The number of nitriles is 1. The van der Waals surface area contributed by atoms with Crippen molar-refractivity contribution in [2.24, 2.45) is 12.8 Å². The summed E-state index contributed by atoms with van der Waals surface area (Å²) >= 11 is 0. The van der Waals surface area contributed by atoms with Gasteiger partial charge in [0, 0.05) is 13.2 Å². The van der Waals surface area contributed by atoms with Crippen LogP contribution in [-0.4, -0.2) is 33.7 Å². The molecule has 1 saturated carbocycles. The van der Waals surface area contributed by atoms with Crippen LogP contribution in [0.4, 0.5) is 5.82 Å². The fourth-order valence-electron chi connectivity index (χ4n) is 2.69. The first kappa shape index (κ1) is 15.8. The summed E-state index contributed by atoms with van der Waals surface area (Å²) in [5, 5.41) is 19.0. The molecule has 0 saturated heterocycles. The van der Waals surface area contributed by atoms with E-state index in [0.29, 0.717) is 12.8 Å². The molecular formula is C14H20N6O2. The van der Waals surface area contributed by atoms with Crippen molar-refractivity contribution in [2.45, 2.75) is 37.6 Å². The molecule has 2 amide bonds. The lowest BCUT2D eigenvalue weighted by atomic mass is 9.83. The molecule has 4 N–H and O–H groups in total. The van der Waals surface area contributed by atoms with Gasteiger partial charge < -0.3 is 16.4 Å². The Kier molecular flexibility index (Phi) is 4.65. The van der Waals surface area contributed by atoms with Gasteiger partial charge in [-0.3, -0.25) is 14.3 Å². The van der Waals surface area contributed by atoms with Crippen molar-refractivity contribution in [3.8, 4) is 6.07 Å². The lowest BCUT2D eigenvalue weighted by Crippen LogP contribution is -2.50. The van der Waals surface area contributed by atoms with Crippen LogP contribution in [0.3, 0.4) is 0 Å². The molecule has 1 aromatic heterocycles. The molecule has 0 bridgehead atoms. The smallest absolute Gasteiger partial charge is 0.254 e. The molecule has 1 aromatic rings. The molecule has 1 aliphatic carbocycles. The Balaban J connectivity index is 1.96. The minimum atomic E-state index is -0.770. The second-order valence-electron chi connectivity index (χ2n) is 5.59. The second kappa shape index (κ2) is 6.47. The molecule has 8 nitrogen and oxygen atoms in total. The van der Waals surface area contributed by atoms with Gasteiger partial charge in [0.05, 0.1) is 12.6 Å². The maximum atomic E-state index is 12.1. The Morgan fingerprint density at radius 2 is 2.14 bits per heavy atom. The predicted octanol–water partition coefficient (Wildman–Crippen LogP) is 0.274. The van der Waals surface area contributed by atoms with Gasteiger partial charge in [0.25, 0.3) is 5.91 Å². The van der Waals surface area contributed by atoms with Crippen molar-refractivity contribution in [1.82, 2.24) is 15.1 Å². The Bertz CT molecular complexity index is 609. The molecule has 0 radical (unpaired) electrons. The maximum Gasteiger partial charge on any atom is 0.254 e. The highest BCUT2D eigenvalue weighted by Gasteiger charge is 2.33. The van der Waals surface area contributed by atoms with Gasteiger partial charge in [0.2, 0.25) is 5.91 Å². The van der Waals surface area contributed by atoms with E-state index < -0.39 is 11.4 Å². The second-order valence-corrected chi connectivity index (χ2v) is 5.59. The minimum Gasteiger partial charge on any atom is -0.365 e. The van der Waals surface area contributed by atoms with Gasteiger partial charge in [0.15, 0.2) is 5.82 Å². The summed E-state index contributed by atoms with van der Waals surface area (Å²) in [6.45, 7) is -0.0687. The number of nitrogens with zero attached hydrogens (tertiary/aromatic N) is 3. The highest BCUT2D eigenvalue weighted by atomic mass is 16.2. The molecule has 1 aliphatic rings. The Labute approximate surface area is 128 Å². The average molecular weight is 304 g/mol. The van der Waals surface area contributed by atoms with E-state index in [2.05, 4.69) is 21.8 Å². The first-order chi connectivity index (χ1) is 10.5. The third kappa shape index (κ3) is 3.55. The summed E-state index contributed by atoms with van der Waals surface area (Å²) in [4.78, 5) is 23.3. The van der Waals surface area contributed by atoms with E-state index in [1.165, 1.54) is 10.9 Å². The molecule has 118 valence electrons. The molecule has 0 spiro atoms. The van der Waals surface area contributed by atoms with Gasteiger partial charge in [-0.15, -0.1) is 0 Å². The number of nitrogens with two attached hydrogens (primary N) is 1. The number of hydrogen-bond acceptors (Lipinski definition) is 5. The monoisotopic (exact) mass is 304 g/mol. The Hall–Kier alpha value is -2.56. The molecule has 8 heteroatoms. The number of primary amides is 1. The van der Waals surface area contributed by atoms with E-state index in [4.69, 9.17) is 5.73 Å². The topological polar surface area (TPSA) is 126 Å². The zero-order valence-electron chi connectivity index (χ0n) is 12.6. The molecule has 22 heavy (non-hydrogen) atoms. The van der Waals surface area contributed by atoms with Crippen LogP contribution in [0.15, 0.2) is 6.20 Å². The summed E-state index contributed by atoms with van der Waals surface area (Å²) in [6.07, 6.45) is 5.80. The van der Waals surface area contributed by atoms with E-state index in [9.17, 15) is 14.9 Å². The Morgan fingerprint density at radius 3 is 2.73 bits per heavy atom. The summed E-state index contributed by atoms with van der Waals surface area (Å²) < 4.78 is 1.44. The zero-order valence-corrected chi connectivity index (χ0v) is 12.6. The molecule has 0 aliphatic heterocycles. The van der Waals surface area contributed by atoms with Crippen LogP contribution >= 0.6 is 0 Å². The summed E-state index contributed by atoms with van der Waals surface area (Å²) in [7, 11) is 1.66. The van der Waals surface area contributed by atoms with Crippen LogP contribution in [0.1, 0.15) is 42.5 Å². The molecule has 0 atom stereocenters. The molecule has 0 aromatic carbocycles. The number of aryl methyl sites for hydroxylation is 1. The standard InChI is InChI=1S/C14H20N6O2/c1-20-8-10(12(16)22)13(19-20)17-7-11(21)18-14(9-15)5-3-2-4-6-14/h8H,2-7H2,1H3,(H2,16,22)(H,17,19)(H,18,21). The van der Waals surface area contributed by atoms with Gasteiger partial charge in [-0.25, -0.2) is 0 Å². The van der Waals surface area contributed by atoms with Crippen molar-refractivity contribution in [3.05, 3.63) is 11.8 Å². The maximum absolute atomic E-state index is 12.1. The number of nitrogens with one attached hydrogen (secondary N) is 2. The number of hydrogen-bond donors (Lipinski definition) is 3. The molecule has 0 unspecified atom stereocenters. The van der Waals surface area contributed by atoms with E-state index >= 15 is 0 Å². The normalized spacial score (nSPS) is 16.5. The lowest BCUT2D eigenvalue weighted by molar-refractivity contribution is -0.121. The summed E-state index contributed by atoms with van der Waals surface area (Å²) in [5.74, 6) is -0.652. The Morgan fingerprint density at radius 1 is 1.45 bits per heavy atom. The first-order valence-corrected chi connectivity index (χ1v) is 7.25. The predicted molar refractivity (Wildman–Crippen MR) is 79.8 cm³/mol. The number of aromatic nitrogens is 2. The van der Waals surface area contributed by atoms with Crippen LogP contribution in [0.2, 0.25) is 0 Å². The summed E-state index contributed by atoms with van der Waals surface area (Å²) in [6, 6.07) is 2.23. The van der Waals surface area contributed by atoms with Crippen LogP contribution in [-0.2, 0) is 11.8 Å². The lowest BCUT2D eigenvalue weighted by Gasteiger charge is -2.31. The van der Waals surface area contributed by atoms with Gasteiger partial charge >= 0.3 is 0 Å². The zero-order chi connectivity index (χ0) is 16.2. The molecular weight excluding hydrogens is 284 g/mol. The molecule has 1 heterocycles. The van der Waals surface area contributed by atoms with Crippen molar-refractivity contribution < 1.29 is 9.59 Å². The van der Waals surface area contributed by atoms with Gasteiger partial charge in [-0.1, -0.05) is 19.3 Å². The van der Waals surface area contributed by atoms with Crippen LogP contribution in [0.25, 0.3) is 0 Å². The van der Waals surface area contributed by atoms with Crippen LogP contribution in [0, 0.1) is 11.3 Å². The van der Waals surface area contributed by atoms with Gasteiger partial charge in [-0.2, -0.15) is 10.4 Å². The van der Waals surface area contributed by atoms with Gasteiger partial charge in [-0.05, 0) is 12.8 Å². The van der Waals surface area contributed by atoms with Crippen LogP contribution < -0.4 is 16.4 Å². The van der Waals surface area contributed by atoms with Crippen molar-refractivity contribution >= 4 is 17.6 Å². The number of carbonyl (C=O) groups excluding carboxylic acids is 2. The van der Waals surface area contributed by atoms with Crippen molar-refractivity contribution in [1.29, 1.82) is 5.26 Å².